The van der Waals surface area contributed by atoms with E-state index >= 15 is 0 Å². The Bertz CT molecular complexity index is 871. The molecule has 28 heavy (non-hydrogen) atoms. The van der Waals surface area contributed by atoms with Gasteiger partial charge >= 0.3 is 0 Å². The maximum atomic E-state index is 12.7. The molecule has 0 saturated carbocycles. The van der Waals surface area contributed by atoms with Gasteiger partial charge in [-0.25, -0.2) is 0 Å². The van der Waals surface area contributed by atoms with Gasteiger partial charge in [0.25, 0.3) is 5.91 Å². The largest absolute Gasteiger partial charge is 0.345 e. The van der Waals surface area contributed by atoms with Crippen molar-refractivity contribution in [1.29, 1.82) is 0 Å². The van der Waals surface area contributed by atoms with Crippen molar-refractivity contribution in [1.82, 2.24) is 20.1 Å². The third-order valence-corrected chi connectivity index (χ3v) is 4.43. The number of hydrogen-bond donors (Lipinski definition) is 3. The molecule has 3 N–H and O–H groups in total. The normalized spacial score (nSPS) is 13.2. The minimum Gasteiger partial charge on any atom is -0.345 e. The lowest BCUT2D eigenvalue weighted by Gasteiger charge is -2.11. The Labute approximate surface area is 162 Å². The molecule has 0 aliphatic carbocycles. The van der Waals surface area contributed by atoms with Crippen LogP contribution in [-0.4, -0.2) is 32.5 Å². The molecule has 2 heterocycles. The fourth-order valence-electron chi connectivity index (χ4n) is 3.25. The average molecular weight is 384 g/mol. The van der Waals surface area contributed by atoms with Crippen LogP contribution in [0, 0.1) is 0 Å². The first-order chi connectivity index (χ1) is 13.4. The Morgan fingerprint density at radius 3 is 2.29 bits per heavy atom. The molecule has 9 nitrogen and oxygen atoms in total. The van der Waals surface area contributed by atoms with Crippen LogP contribution in [0.3, 0.4) is 0 Å². The van der Waals surface area contributed by atoms with Gasteiger partial charge in [0.2, 0.25) is 11.8 Å². The number of nitrogens with one attached hydrogen (secondary N) is 3. The van der Waals surface area contributed by atoms with Gasteiger partial charge in [0.1, 0.15) is 5.82 Å². The molecular weight excluding hydrogens is 360 g/mol. The molecule has 148 valence electrons. The van der Waals surface area contributed by atoms with Gasteiger partial charge in [-0.15, -0.1) is 10.2 Å². The molecular formula is C19H24N6O3. The first kappa shape index (κ1) is 19.5. The summed E-state index contributed by atoms with van der Waals surface area (Å²) in [6.45, 7) is 3.87. The minimum atomic E-state index is -0.329. The number of amides is 3. The fourth-order valence-corrected chi connectivity index (χ4v) is 3.25. The summed E-state index contributed by atoms with van der Waals surface area (Å²) in [4.78, 5) is 35.4. The molecule has 0 bridgehead atoms. The molecule has 1 aliphatic heterocycles. The molecule has 3 amide bonds. The number of anilines is 2. The summed E-state index contributed by atoms with van der Waals surface area (Å²) < 4.78 is 2.07. The highest BCUT2D eigenvalue weighted by atomic mass is 16.2. The quantitative estimate of drug-likeness (QED) is 0.727. The first-order valence-electron chi connectivity index (χ1n) is 9.32. The molecule has 1 aliphatic rings. The van der Waals surface area contributed by atoms with E-state index in [2.05, 4.69) is 30.7 Å². The molecule has 0 saturated heterocycles. The van der Waals surface area contributed by atoms with E-state index in [0.29, 0.717) is 16.9 Å². The highest BCUT2D eigenvalue weighted by molar-refractivity contribution is 5.99. The second kappa shape index (κ2) is 8.64. The predicted molar refractivity (Wildman–Crippen MR) is 104 cm³/mol. The Hall–Kier alpha value is -3.23. The Kier molecular flexibility index (Phi) is 6.03. The van der Waals surface area contributed by atoms with Crippen LogP contribution < -0.4 is 16.0 Å². The summed E-state index contributed by atoms with van der Waals surface area (Å²) in [6.07, 6.45) is 4.24. The average Bonchev–Trinajstić information content (AvgIpc) is 2.84. The van der Waals surface area contributed by atoms with E-state index in [1.54, 1.807) is 18.2 Å². The topological polar surface area (TPSA) is 118 Å². The zero-order valence-corrected chi connectivity index (χ0v) is 16.0. The molecule has 3 rings (SSSR count). The Balaban J connectivity index is 1.75. The van der Waals surface area contributed by atoms with Gasteiger partial charge in [0.15, 0.2) is 5.82 Å². The fraction of sp³-hybridized carbons (Fsp3) is 0.421. The van der Waals surface area contributed by atoms with Gasteiger partial charge in [-0.2, -0.15) is 0 Å². The van der Waals surface area contributed by atoms with E-state index in [1.165, 1.54) is 13.8 Å². The van der Waals surface area contributed by atoms with Crippen molar-refractivity contribution in [3.63, 3.8) is 0 Å². The highest BCUT2D eigenvalue weighted by Gasteiger charge is 2.16. The smallest absolute Gasteiger partial charge is 0.251 e. The number of aryl methyl sites for hydroxylation is 1. The zero-order chi connectivity index (χ0) is 20.1. The summed E-state index contributed by atoms with van der Waals surface area (Å²) in [5.41, 5.74) is 1.19. The number of benzene rings is 1. The van der Waals surface area contributed by atoms with Crippen LogP contribution in [-0.2, 0) is 29.1 Å². The first-order valence-corrected chi connectivity index (χ1v) is 9.32. The van der Waals surface area contributed by atoms with E-state index in [9.17, 15) is 14.4 Å². The van der Waals surface area contributed by atoms with Crippen LogP contribution in [0.15, 0.2) is 18.2 Å². The SMILES string of the molecule is CC(=O)Nc1cc(NC(C)=O)cc(C(=O)NCc2nnc3n2CCCCC3)c1. The summed E-state index contributed by atoms with van der Waals surface area (Å²) in [5, 5.41) is 16.5. The maximum absolute atomic E-state index is 12.7. The van der Waals surface area contributed by atoms with Crippen molar-refractivity contribution >= 4 is 29.1 Å². The highest BCUT2D eigenvalue weighted by Crippen LogP contribution is 2.20. The molecule has 1 aromatic heterocycles. The lowest BCUT2D eigenvalue weighted by atomic mass is 10.1. The van der Waals surface area contributed by atoms with Crippen LogP contribution in [0.25, 0.3) is 0 Å². The summed E-state index contributed by atoms with van der Waals surface area (Å²) in [6, 6.07) is 4.72. The minimum absolute atomic E-state index is 0.256. The van der Waals surface area contributed by atoms with E-state index in [1.807, 2.05) is 0 Å². The predicted octanol–water partition coefficient (Wildman–Crippen LogP) is 1.85. The monoisotopic (exact) mass is 384 g/mol. The zero-order valence-electron chi connectivity index (χ0n) is 16.0. The van der Waals surface area contributed by atoms with Gasteiger partial charge in [-0.1, -0.05) is 6.42 Å². The molecule has 9 heteroatoms. The number of hydrogen-bond acceptors (Lipinski definition) is 5. The number of fused-ring (bicyclic) bond motifs is 1. The van der Waals surface area contributed by atoms with Crippen LogP contribution in [0.4, 0.5) is 11.4 Å². The van der Waals surface area contributed by atoms with Crippen LogP contribution >= 0.6 is 0 Å². The molecule has 1 aromatic carbocycles. The van der Waals surface area contributed by atoms with Crippen molar-refractivity contribution in [2.45, 2.75) is 52.6 Å². The van der Waals surface area contributed by atoms with Crippen LogP contribution in [0.1, 0.15) is 55.1 Å². The molecule has 0 atom stereocenters. The third kappa shape index (κ3) is 4.93. The lowest BCUT2D eigenvalue weighted by molar-refractivity contribution is -0.115. The second-order valence-corrected chi connectivity index (χ2v) is 6.84. The summed E-state index contributed by atoms with van der Waals surface area (Å²) in [7, 11) is 0. The second-order valence-electron chi connectivity index (χ2n) is 6.84. The Morgan fingerprint density at radius 1 is 0.964 bits per heavy atom. The van der Waals surface area contributed by atoms with E-state index in [4.69, 9.17) is 0 Å². The van der Waals surface area contributed by atoms with Gasteiger partial charge in [-0.05, 0) is 31.0 Å². The number of nitrogens with zero attached hydrogens (tertiary/aromatic N) is 3. The van der Waals surface area contributed by atoms with Crippen molar-refractivity contribution < 1.29 is 14.4 Å². The number of rotatable bonds is 5. The summed E-state index contributed by atoms with van der Waals surface area (Å²) in [5.74, 6) is 0.826. The van der Waals surface area contributed by atoms with Crippen LogP contribution in [0.2, 0.25) is 0 Å². The maximum Gasteiger partial charge on any atom is 0.251 e. The standard InChI is InChI=1S/C19H24N6O3/c1-12(26)21-15-8-14(9-16(10-15)22-13(2)27)19(28)20-11-18-24-23-17-6-4-3-5-7-25(17)18/h8-10H,3-7,11H2,1-2H3,(H,20,28)(H,21,26)(H,22,27). The molecule has 0 spiro atoms. The van der Waals surface area contributed by atoms with Gasteiger partial charge in [-0.3, -0.25) is 14.4 Å². The van der Waals surface area contributed by atoms with Gasteiger partial charge in [0.05, 0.1) is 6.54 Å². The van der Waals surface area contributed by atoms with Crippen molar-refractivity contribution in [2.24, 2.45) is 0 Å². The molecule has 0 fully saturated rings. The summed E-state index contributed by atoms with van der Waals surface area (Å²) >= 11 is 0. The van der Waals surface area contributed by atoms with Crippen LogP contribution in [0.5, 0.6) is 0 Å². The van der Waals surface area contributed by atoms with Crippen molar-refractivity contribution in [3.05, 3.63) is 35.4 Å². The molecule has 2 aromatic rings. The lowest BCUT2D eigenvalue weighted by Crippen LogP contribution is -2.25. The van der Waals surface area contributed by atoms with Gasteiger partial charge in [0, 0.05) is 43.8 Å². The molecule has 0 unspecified atom stereocenters. The van der Waals surface area contributed by atoms with E-state index in [0.717, 1.165) is 43.9 Å². The van der Waals surface area contributed by atoms with Crippen molar-refractivity contribution in [2.75, 3.05) is 10.6 Å². The van der Waals surface area contributed by atoms with Crippen molar-refractivity contribution in [3.8, 4) is 0 Å². The molecule has 0 radical (unpaired) electrons. The number of carbonyl (C=O) groups excluding carboxylic acids is 3. The number of carbonyl (C=O) groups is 3. The Morgan fingerprint density at radius 2 is 1.64 bits per heavy atom. The third-order valence-electron chi connectivity index (χ3n) is 4.43. The van der Waals surface area contributed by atoms with E-state index in [-0.39, 0.29) is 24.3 Å². The van der Waals surface area contributed by atoms with Gasteiger partial charge < -0.3 is 20.5 Å². The number of aromatic nitrogens is 3. The van der Waals surface area contributed by atoms with E-state index < -0.39 is 0 Å².